The Morgan fingerprint density at radius 1 is 1.19 bits per heavy atom. The molecule has 0 aliphatic carbocycles. The summed E-state index contributed by atoms with van der Waals surface area (Å²) in [7, 11) is -2.17. The molecule has 1 N–H and O–H groups in total. The molecular formula is C20H19N7O4S. The molecule has 0 spiro atoms. The third kappa shape index (κ3) is 3.43. The second-order valence-corrected chi connectivity index (χ2v) is 9.10. The third-order valence-corrected chi connectivity index (χ3v) is 6.43. The molecule has 4 aromatic rings. The summed E-state index contributed by atoms with van der Waals surface area (Å²) in [5, 5.41) is 9.14. The van der Waals surface area contributed by atoms with Gasteiger partial charge in [0.25, 0.3) is 10.0 Å². The molecule has 32 heavy (non-hydrogen) atoms. The van der Waals surface area contributed by atoms with E-state index in [1.165, 1.54) is 28.2 Å². The van der Waals surface area contributed by atoms with Gasteiger partial charge in [-0.05, 0) is 19.1 Å². The Kier molecular flexibility index (Phi) is 4.59. The molecule has 1 aliphatic rings. The Balaban J connectivity index is 1.44. The summed E-state index contributed by atoms with van der Waals surface area (Å²) in [5.41, 5.74) is 1.67. The number of anilines is 2. The van der Waals surface area contributed by atoms with Crippen LogP contribution in [0.2, 0.25) is 0 Å². The second kappa shape index (κ2) is 7.34. The van der Waals surface area contributed by atoms with Crippen molar-refractivity contribution in [2.45, 2.75) is 17.9 Å². The van der Waals surface area contributed by atoms with E-state index in [2.05, 4.69) is 19.9 Å². The number of para-hydroxylation sites is 1. The maximum Gasteiger partial charge on any atom is 0.414 e. The van der Waals surface area contributed by atoms with Gasteiger partial charge in [-0.15, -0.1) is 0 Å². The third-order valence-electron chi connectivity index (χ3n) is 5.11. The SMILES string of the molecule is C[C@@H]1CN(c2ccnc(-n3cc(S(=O)(=O)Nc4cccc5cnn(C)c45)cn3)c2)C(=O)O1. The Hall–Kier alpha value is -3.93. The van der Waals surface area contributed by atoms with Crippen LogP contribution in [0.15, 0.2) is 60.0 Å². The van der Waals surface area contributed by atoms with E-state index in [1.807, 2.05) is 13.0 Å². The van der Waals surface area contributed by atoms with E-state index in [4.69, 9.17) is 4.74 Å². The number of nitrogens with one attached hydrogen (secondary N) is 1. The summed E-state index contributed by atoms with van der Waals surface area (Å²) >= 11 is 0. The minimum absolute atomic E-state index is 0.0296. The summed E-state index contributed by atoms with van der Waals surface area (Å²) < 4.78 is 36.7. The first-order chi connectivity index (χ1) is 15.3. The number of hydrogen-bond acceptors (Lipinski definition) is 7. The summed E-state index contributed by atoms with van der Waals surface area (Å²) in [4.78, 5) is 17.7. The molecule has 0 saturated carbocycles. The highest BCUT2D eigenvalue weighted by molar-refractivity contribution is 7.92. The van der Waals surface area contributed by atoms with E-state index < -0.39 is 16.1 Å². The highest BCUT2D eigenvalue weighted by atomic mass is 32.2. The van der Waals surface area contributed by atoms with Gasteiger partial charge in [0.1, 0.15) is 11.0 Å². The Bertz CT molecular complexity index is 1440. The van der Waals surface area contributed by atoms with Crippen LogP contribution in [0.25, 0.3) is 16.7 Å². The van der Waals surface area contributed by atoms with Gasteiger partial charge in [0.2, 0.25) is 0 Å². The van der Waals surface area contributed by atoms with E-state index in [0.717, 1.165) is 5.39 Å². The van der Waals surface area contributed by atoms with Gasteiger partial charge >= 0.3 is 6.09 Å². The lowest BCUT2D eigenvalue weighted by atomic mass is 10.2. The van der Waals surface area contributed by atoms with Gasteiger partial charge in [0.05, 0.1) is 42.0 Å². The Morgan fingerprint density at radius 3 is 2.81 bits per heavy atom. The fraction of sp³-hybridized carbons (Fsp3) is 0.200. The van der Waals surface area contributed by atoms with Crippen molar-refractivity contribution in [2.24, 2.45) is 7.05 Å². The van der Waals surface area contributed by atoms with Gasteiger partial charge in [-0.25, -0.2) is 22.9 Å². The first-order valence-corrected chi connectivity index (χ1v) is 11.2. The Morgan fingerprint density at radius 2 is 2.03 bits per heavy atom. The number of ether oxygens (including phenoxy) is 1. The number of aryl methyl sites for hydroxylation is 1. The zero-order valence-electron chi connectivity index (χ0n) is 17.2. The number of fused-ring (bicyclic) bond motifs is 1. The number of carbonyl (C=O) groups is 1. The first-order valence-electron chi connectivity index (χ1n) is 9.74. The van der Waals surface area contributed by atoms with Crippen LogP contribution in [0.4, 0.5) is 16.2 Å². The predicted molar refractivity (Wildman–Crippen MR) is 116 cm³/mol. The maximum atomic E-state index is 13.0. The zero-order chi connectivity index (χ0) is 22.5. The summed E-state index contributed by atoms with van der Waals surface area (Å²) in [6, 6.07) is 8.61. The second-order valence-electron chi connectivity index (χ2n) is 7.41. The largest absolute Gasteiger partial charge is 0.444 e. The number of nitrogens with zero attached hydrogens (tertiary/aromatic N) is 6. The smallest absolute Gasteiger partial charge is 0.414 e. The highest BCUT2D eigenvalue weighted by Gasteiger charge is 2.29. The molecule has 0 unspecified atom stereocenters. The standard InChI is InChI=1S/C20H19N7O4S/c1-13-11-26(20(28)31-13)15-6-7-21-18(8-15)27-12-16(10-23-27)32(29,30)24-17-5-3-4-14-9-22-25(2)19(14)17/h3-10,12-13,24H,11H2,1-2H3/t13-/m1/s1. The molecule has 1 aliphatic heterocycles. The number of amides is 1. The molecule has 1 aromatic carbocycles. The van der Waals surface area contributed by atoms with Crippen LogP contribution in [0.1, 0.15) is 6.92 Å². The van der Waals surface area contributed by atoms with E-state index in [9.17, 15) is 13.2 Å². The molecule has 3 aromatic heterocycles. The zero-order valence-corrected chi connectivity index (χ0v) is 18.0. The lowest BCUT2D eigenvalue weighted by molar-refractivity contribution is 0.150. The highest BCUT2D eigenvalue weighted by Crippen LogP contribution is 2.26. The Labute approximate surface area is 183 Å². The summed E-state index contributed by atoms with van der Waals surface area (Å²) in [6.45, 7) is 2.23. The maximum absolute atomic E-state index is 13.0. The van der Waals surface area contributed by atoms with E-state index >= 15 is 0 Å². The van der Waals surface area contributed by atoms with Crippen molar-refractivity contribution < 1.29 is 17.9 Å². The van der Waals surface area contributed by atoms with Crippen LogP contribution in [-0.2, 0) is 21.8 Å². The van der Waals surface area contributed by atoms with Gasteiger partial charge in [-0.3, -0.25) is 14.3 Å². The molecule has 0 bridgehead atoms. The number of hydrogen-bond donors (Lipinski definition) is 1. The molecule has 11 nitrogen and oxygen atoms in total. The minimum Gasteiger partial charge on any atom is -0.444 e. The predicted octanol–water partition coefficient (Wildman–Crippen LogP) is 2.30. The number of benzene rings is 1. The molecule has 4 heterocycles. The molecule has 1 saturated heterocycles. The number of sulfonamides is 1. The first kappa shape index (κ1) is 20.0. The number of cyclic esters (lactones) is 1. The molecule has 1 fully saturated rings. The monoisotopic (exact) mass is 453 g/mol. The normalized spacial score (nSPS) is 16.5. The number of aromatic nitrogens is 5. The fourth-order valence-corrected chi connectivity index (χ4v) is 4.60. The molecule has 5 rings (SSSR count). The lowest BCUT2D eigenvalue weighted by Crippen LogP contribution is -2.24. The van der Waals surface area contributed by atoms with Crippen molar-refractivity contribution in [3.8, 4) is 5.82 Å². The molecule has 1 amide bonds. The summed E-state index contributed by atoms with van der Waals surface area (Å²) in [6.07, 6.45) is 5.15. The van der Waals surface area contributed by atoms with Crippen LogP contribution < -0.4 is 9.62 Å². The van der Waals surface area contributed by atoms with E-state index in [1.54, 1.807) is 42.2 Å². The van der Waals surface area contributed by atoms with Crippen LogP contribution in [0, 0.1) is 0 Å². The van der Waals surface area contributed by atoms with Crippen LogP contribution in [-0.4, -0.2) is 51.7 Å². The van der Waals surface area contributed by atoms with Crippen LogP contribution >= 0.6 is 0 Å². The average molecular weight is 453 g/mol. The molecule has 12 heteroatoms. The molecular weight excluding hydrogens is 434 g/mol. The topological polar surface area (TPSA) is 124 Å². The number of pyridine rings is 1. The van der Waals surface area contributed by atoms with Crippen molar-refractivity contribution in [3.05, 3.63) is 55.1 Å². The van der Waals surface area contributed by atoms with E-state index in [0.29, 0.717) is 29.3 Å². The van der Waals surface area contributed by atoms with Crippen molar-refractivity contribution in [3.63, 3.8) is 0 Å². The summed E-state index contributed by atoms with van der Waals surface area (Å²) in [5.74, 6) is 0.366. The van der Waals surface area contributed by atoms with Gasteiger partial charge in [0.15, 0.2) is 5.82 Å². The van der Waals surface area contributed by atoms with Crippen molar-refractivity contribution >= 4 is 38.4 Å². The van der Waals surface area contributed by atoms with Gasteiger partial charge in [0, 0.05) is 24.7 Å². The van der Waals surface area contributed by atoms with Crippen LogP contribution in [0.5, 0.6) is 0 Å². The quantitative estimate of drug-likeness (QED) is 0.492. The van der Waals surface area contributed by atoms with Gasteiger partial charge in [-0.2, -0.15) is 10.2 Å². The molecule has 1 atom stereocenters. The van der Waals surface area contributed by atoms with Crippen molar-refractivity contribution in [1.29, 1.82) is 0 Å². The molecule has 0 radical (unpaired) electrons. The fourth-order valence-electron chi connectivity index (χ4n) is 3.61. The molecule has 164 valence electrons. The van der Waals surface area contributed by atoms with Gasteiger partial charge in [-0.1, -0.05) is 12.1 Å². The van der Waals surface area contributed by atoms with Crippen molar-refractivity contribution in [1.82, 2.24) is 24.5 Å². The minimum atomic E-state index is -3.92. The van der Waals surface area contributed by atoms with Gasteiger partial charge < -0.3 is 4.74 Å². The number of rotatable bonds is 5. The lowest BCUT2D eigenvalue weighted by Gasteiger charge is -2.13. The average Bonchev–Trinajstić information content (AvgIpc) is 3.48. The van der Waals surface area contributed by atoms with Crippen LogP contribution in [0.3, 0.4) is 0 Å². The van der Waals surface area contributed by atoms with Crippen molar-refractivity contribution in [2.75, 3.05) is 16.2 Å². The van der Waals surface area contributed by atoms with E-state index in [-0.39, 0.29) is 11.0 Å². The number of carbonyl (C=O) groups excluding carboxylic acids is 1.